The fraction of sp³-hybridized carbons (Fsp3) is 0.571. The van der Waals surface area contributed by atoms with Gasteiger partial charge in [-0.15, -0.1) is 0 Å². The number of aliphatic hydroxyl groups is 1. The lowest BCUT2D eigenvalue weighted by Gasteiger charge is -2.14. The highest BCUT2D eigenvalue weighted by Gasteiger charge is 2.16. The van der Waals surface area contributed by atoms with Crippen LogP contribution in [0.15, 0.2) is 28.7 Å². The lowest BCUT2D eigenvalue weighted by molar-refractivity contribution is 0.157. The molecular weight excluding hydrogens is 264 g/mol. The highest BCUT2D eigenvalue weighted by Crippen LogP contribution is 2.31. The van der Waals surface area contributed by atoms with Crippen LogP contribution in [0.1, 0.15) is 50.2 Å². The third-order valence-electron chi connectivity index (χ3n) is 3.58. The van der Waals surface area contributed by atoms with Crippen LogP contribution in [0.2, 0.25) is 0 Å². The van der Waals surface area contributed by atoms with E-state index in [0.29, 0.717) is 0 Å². The normalized spacial score (nSPS) is 18.9. The van der Waals surface area contributed by atoms with Crippen molar-refractivity contribution in [3.63, 3.8) is 0 Å². The summed E-state index contributed by atoms with van der Waals surface area (Å²) in [4.78, 5) is 0. The summed E-state index contributed by atoms with van der Waals surface area (Å²) in [7, 11) is 0. The summed E-state index contributed by atoms with van der Waals surface area (Å²) in [5.41, 5.74) is 1.04. The van der Waals surface area contributed by atoms with Crippen molar-refractivity contribution in [2.24, 2.45) is 5.92 Å². The smallest absolute Gasteiger partial charge is 0.0790 e. The van der Waals surface area contributed by atoms with Crippen LogP contribution < -0.4 is 0 Å². The molecule has 0 aliphatic heterocycles. The van der Waals surface area contributed by atoms with E-state index in [1.807, 2.05) is 24.3 Å². The Balaban J connectivity index is 1.82. The van der Waals surface area contributed by atoms with E-state index in [4.69, 9.17) is 0 Å². The third kappa shape index (κ3) is 3.33. The standard InChI is InChI=1S/C14H19BrO/c15-13-8-6-12(7-9-13)14(16)10-5-11-3-1-2-4-11/h6-9,11,14,16H,1-5,10H2. The number of aliphatic hydroxyl groups excluding tert-OH is 1. The third-order valence-corrected chi connectivity index (χ3v) is 4.11. The van der Waals surface area contributed by atoms with E-state index in [0.717, 1.165) is 22.4 Å². The van der Waals surface area contributed by atoms with Gasteiger partial charge in [-0.1, -0.05) is 53.7 Å². The summed E-state index contributed by atoms with van der Waals surface area (Å²) in [6.07, 6.45) is 7.32. The van der Waals surface area contributed by atoms with Gasteiger partial charge >= 0.3 is 0 Å². The van der Waals surface area contributed by atoms with Crippen molar-refractivity contribution in [2.75, 3.05) is 0 Å². The maximum Gasteiger partial charge on any atom is 0.0790 e. The number of hydrogen-bond acceptors (Lipinski definition) is 1. The van der Waals surface area contributed by atoms with Crippen LogP contribution in [0.3, 0.4) is 0 Å². The molecule has 1 N–H and O–H groups in total. The van der Waals surface area contributed by atoms with E-state index < -0.39 is 0 Å². The molecule has 0 radical (unpaired) electrons. The Morgan fingerprint density at radius 3 is 2.44 bits per heavy atom. The maximum atomic E-state index is 10.1. The minimum Gasteiger partial charge on any atom is -0.388 e. The molecule has 0 bridgehead atoms. The molecule has 88 valence electrons. The van der Waals surface area contributed by atoms with Gasteiger partial charge in [0.1, 0.15) is 0 Å². The molecule has 2 heteroatoms. The fourth-order valence-corrected chi connectivity index (χ4v) is 2.81. The Morgan fingerprint density at radius 2 is 1.81 bits per heavy atom. The topological polar surface area (TPSA) is 20.2 Å². The lowest BCUT2D eigenvalue weighted by Crippen LogP contribution is -2.01. The first-order valence-corrected chi connectivity index (χ1v) is 6.98. The number of hydrogen-bond donors (Lipinski definition) is 1. The van der Waals surface area contributed by atoms with Crippen LogP contribution in [-0.2, 0) is 0 Å². The van der Waals surface area contributed by atoms with Gasteiger partial charge in [0, 0.05) is 4.47 Å². The molecule has 1 aromatic rings. The first-order valence-electron chi connectivity index (χ1n) is 6.19. The predicted octanol–water partition coefficient (Wildman–Crippen LogP) is 4.45. The zero-order valence-corrected chi connectivity index (χ0v) is 11.1. The summed E-state index contributed by atoms with van der Waals surface area (Å²) in [6, 6.07) is 8.00. The monoisotopic (exact) mass is 282 g/mol. The lowest BCUT2D eigenvalue weighted by atomic mass is 9.96. The average Bonchev–Trinajstić information content (AvgIpc) is 2.80. The van der Waals surface area contributed by atoms with Crippen LogP contribution in [0.4, 0.5) is 0 Å². The van der Waals surface area contributed by atoms with E-state index in [-0.39, 0.29) is 6.10 Å². The summed E-state index contributed by atoms with van der Waals surface area (Å²) < 4.78 is 1.07. The molecule has 1 aliphatic rings. The molecule has 1 unspecified atom stereocenters. The van der Waals surface area contributed by atoms with E-state index in [9.17, 15) is 5.11 Å². The van der Waals surface area contributed by atoms with Crippen molar-refractivity contribution >= 4 is 15.9 Å². The minimum absolute atomic E-state index is 0.284. The van der Waals surface area contributed by atoms with Crippen molar-refractivity contribution in [3.8, 4) is 0 Å². The van der Waals surface area contributed by atoms with Gasteiger partial charge in [-0.05, 0) is 36.5 Å². The van der Waals surface area contributed by atoms with Crippen LogP contribution in [0, 0.1) is 5.92 Å². The van der Waals surface area contributed by atoms with Crippen molar-refractivity contribution in [2.45, 2.75) is 44.6 Å². The summed E-state index contributed by atoms with van der Waals surface area (Å²) in [5.74, 6) is 0.866. The van der Waals surface area contributed by atoms with Gasteiger partial charge in [0.15, 0.2) is 0 Å². The first-order chi connectivity index (χ1) is 7.75. The van der Waals surface area contributed by atoms with Crippen LogP contribution in [0.5, 0.6) is 0 Å². The number of halogens is 1. The van der Waals surface area contributed by atoms with Gasteiger partial charge in [-0.2, -0.15) is 0 Å². The molecule has 1 atom stereocenters. The highest BCUT2D eigenvalue weighted by molar-refractivity contribution is 9.10. The van der Waals surface area contributed by atoms with E-state index in [1.165, 1.54) is 32.1 Å². The Labute approximate surface area is 106 Å². The van der Waals surface area contributed by atoms with E-state index >= 15 is 0 Å². The molecule has 0 heterocycles. The number of benzene rings is 1. The molecular formula is C14H19BrO. The molecule has 1 saturated carbocycles. The first kappa shape index (κ1) is 12.1. The van der Waals surface area contributed by atoms with Gasteiger partial charge in [-0.25, -0.2) is 0 Å². The van der Waals surface area contributed by atoms with Gasteiger partial charge in [-0.3, -0.25) is 0 Å². The molecule has 1 aliphatic carbocycles. The quantitative estimate of drug-likeness (QED) is 0.865. The molecule has 16 heavy (non-hydrogen) atoms. The number of rotatable bonds is 4. The van der Waals surface area contributed by atoms with Gasteiger partial charge < -0.3 is 5.11 Å². The Hall–Kier alpha value is -0.340. The molecule has 1 aromatic carbocycles. The SMILES string of the molecule is OC(CCC1CCCC1)c1ccc(Br)cc1. The fourth-order valence-electron chi connectivity index (χ4n) is 2.54. The van der Waals surface area contributed by atoms with Gasteiger partial charge in [0.25, 0.3) is 0 Å². The highest BCUT2D eigenvalue weighted by atomic mass is 79.9. The maximum absolute atomic E-state index is 10.1. The van der Waals surface area contributed by atoms with Gasteiger partial charge in [0.05, 0.1) is 6.10 Å². The zero-order chi connectivity index (χ0) is 11.4. The van der Waals surface area contributed by atoms with Crippen LogP contribution in [-0.4, -0.2) is 5.11 Å². The summed E-state index contributed by atoms with van der Waals surface area (Å²) >= 11 is 3.41. The minimum atomic E-state index is -0.284. The van der Waals surface area contributed by atoms with Gasteiger partial charge in [0.2, 0.25) is 0 Å². The molecule has 2 rings (SSSR count). The molecule has 0 spiro atoms. The van der Waals surface area contributed by atoms with Crippen molar-refractivity contribution in [3.05, 3.63) is 34.3 Å². The van der Waals surface area contributed by atoms with Crippen molar-refractivity contribution in [1.29, 1.82) is 0 Å². The second kappa shape index (κ2) is 5.83. The largest absolute Gasteiger partial charge is 0.388 e. The Kier molecular flexibility index (Phi) is 4.42. The molecule has 0 saturated heterocycles. The second-order valence-corrected chi connectivity index (χ2v) is 5.71. The Morgan fingerprint density at radius 1 is 1.19 bits per heavy atom. The Bertz CT molecular complexity index is 314. The summed E-state index contributed by atoms with van der Waals surface area (Å²) in [5, 5.41) is 10.1. The van der Waals surface area contributed by atoms with Crippen molar-refractivity contribution < 1.29 is 5.11 Å². The van der Waals surface area contributed by atoms with Crippen LogP contribution >= 0.6 is 15.9 Å². The molecule has 0 amide bonds. The predicted molar refractivity (Wildman–Crippen MR) is 70.3 cm³/mol. The molecule has 1 nitrogen and oxygen atoms in total. The average molecular weight is 283 g/mol. The van der Waals surface area contributed by atoms with E-state index in [1.54, 1.807) is 0 Å². The van der Waals surface area contributed by atoms with Crippen molar-refractivity contribution in [1.82, 2.24) is 0 Å². The van der Waals surface area contributed by atoms with E-state index in [2.05, 4.69) is 15.9 Å². The zero-order valence-electron chi connectivity index (χ0n) is 9.53. The summed E-state index contributed by atoms with van der Waals surface area (Å²) in [6.45, 7) is 0. The second-order valence-electron chi connectivity index (χ2n) is 4.80. The molecule has 0 aromatic heterocycles. The van der Waals surface area contributed by atoms with Crippen LogP contribution in [0.25, 0.3) is 0 Å². The molecule has 1 fully saturated rings.